The lowest BCUT2D eigenvalue weighted by atomic mass is 9.79. The minimum atomic E-state index is -1.15. The number of primary amides is 1. The van der Waals surface area contributed by atoms with Gasteiger partial charge in [0, 0.05) is 62.2 Å². The van der Waals surface area contributed by atoms with E-state index in [-0.39, 0.29) is 97.0 Å². The van der Waals surface area contributed by atoms with Gasteiger partial charge in [-0.3, -0.25) is 49.2 Å². The number of aliphatic hydroxyl groups excluding tert-OH is 1. The van der Waals surface area contributed by atoms with Crippen molar-refractivity contribution in [3.63, 3.8) is 0 Å². The van der Waals surface area contributed by atoms with Crippen LogP contribution in [0.25, 0.3) is 0 Å². The van der Waals surface area contributed by atoms with Crippen LogP contribution in [0, 0.1) is 17.8 Å². The highest BCUT2D eigenvalue weighted by Crippen LogP contribution is 2.33. The molecule has 352 valence electrons. The largest absolute Gasteiger partial charge is 0.447 e. The van der Waals surface area contributed by atoms with Gasteiger partial charge in [-0.15, -0.1) is 0 Å². The number of allylic oxidation sites excluding steroid dienone is 5. The third kappa shape index (κ3) is 12.3. The van der Waals surface area contributed by atoms with Gasteiger partial charge in [0.2, 0.25) is 11.7 Å². The fraction of sp³-hybridized carbons (Fsp3) is 0.447. The summed E-state index contributed by atoms with van der Waals surface area (Å²) in [6.07, 6.45) is 1.27. The molecule has 19 heteroatoms. The van der Waals surface area contributed by atoms with Gasteiger partial charge < -0.3 is 35.1 Å². The van der Waals surface area contributed by atoms with Crippen molar-refractivity contribution >= 4 is 64.4 Å². The fourth-order valence-electron chi connectivity index (χ4n) is 8.38. The van der Waals surface area contributed by atoms with Crippen LogP contribution in [0.2, 0.25) is 0 Å². The molecule has 7 unspecified atom stereocenters. The number of carbonyl (C=O) groups excluding carboxylic acids is 9. The number of imide groups is 1. The summed E-state index contributed by atoms with van der Waals surface area (Å²) in [4.78, 5) is 122. The maximum atomic E-state index is 14.1. The Morgan fingerprint density at radius 1 is 0.939 bits per heavy atom. The summed E-state index contributed by atoms with van der Waals surface area (Å²) in [6.45, 7) is 6.08. The lowest BCUT2D eigenvalue weighted by molar-refractivity contribution is -0.130. The molecule has 7 atom stereocenters. The molecule has 0 saturated carbocycles. The van der Waals surface area contributed by atoms with E-state index in [0.29, 0.717) is 11.1 Å². The molecule has 1 aromatic rings. The number of nitrogens with zero attached hydrogens (tertiary/aromatic N) is 1. The number of nitrogens with two attached hydrogens (primary N) is 1. The average Bonchev–Trinajstić information content (AvgIpc) is 3.38. The van der Waals surface area contributed by atoms with E-state index < -0.39 is 89.3 Å². The molecule has 2 aliphatic heterocycles. The second-order valence-electron chi connectivity index (χ2n) is 16.6. The Hall–Kier alpha value is -6.70. The van der Waals surface area contributed by atoms with Crippen LogP contribution in [-0.2, 0) is 42.9 Å². The number of rotatable bonds is 7. The van der Waals surface area contributed by atoms with Gasteiger partial charge in [-0.25, -0.2) is 9.59 Å². The van der Waals surface area contributed by atoms with E-state index in [4.69, 9.17) is 24.7 Å². The number of ketones is 4. The first-order valence-corrected chi connectivity index (χ1v) is 21.4. The Balaban J connectivity index is 1.35. The van der Waals surface area contributed by atoms with E-state index in [0.717, 1.165) is 6.08 Å². The van der Waals surface area contributed by atoms with E-state index in [1.165, 1.54) is 57.6 Å². The Bertz CT molecular complexity index is 2370. The molecule has 0 radical (unpaired) electrons. The van der Waals surface area contributed by atoms with Crippen molar-refractivity contribution in [1.29, 1.82) is 0 Å². The van der Waals surface area contributed by atoms with E-state index in [1.54, 1.807) is 26.8 Å². The van der Waals surface area contributed by atoms with Gasteiger partial charge in [0.1, 0.15) is 12.7 Å². The van der Waals surface area contributed by atoms with Crippen LogP contribution in [0.15, 0.2) is 81.6 Å². The zero-order valence-corrected chi connectivity index (χ0v) is 37.6. The van der Waals surface area contributed by atoms with Crippen LogP contribution < -0.4 is 21.7 Å². The summed E-state index contributed by atoms with van der Waals surface area (Å²) in [5, 5.41) is 18.7. The first-order chi connectivity index (χ1) is 31.3. The summed E-state index contributed by atoms with van der Waals surface area (Å²) in [7, 11) is 2.82. The van der Waals surface area contributed by atoms with Crippen molar-refractivity contribution in [2.45, 2.75) is 90.6 Å². The second-order valence-corrected chi connectivity index (χ2v) is 16.6. The summed E-state index contributed by atoms with van der Waals surface area (Å²) < 4.78 is 22.0. The number of hydrogen-bond donors (Lipinski definition) is 5. The van der Waals surface area contributed by atoms with Crippen LogP contribution in [0.3, 0.4) is 0 Å². The van der Waals surface area contributed by atoms with E-state index in [9.17, 15) is 48.3 Å². The molecular formula is C47H55N5O14. The highest BCUT2D eigenvalue weighted by molar-refractivity contribution is 6.51. The summed E-state index contributed by atoms with van der Waals surface area (Å²) in [5.74, 6) is -6.11. The van der Waals surface area contributed by atoms with Gasteiger partial charge in [0.25, 0.3) is 11.8 Å². The lowest BCUT2D eigenvalue weighted by Gasteiger charge is -2.31. The van der Waals surface area contributed by atoms with Gasteiger partial charge in [0.05, 0.1) is 47.3 Å². The number of amides is 5. The van der Waals surface area contributed by atoms with Crippen LogP contribution in [0.1, 0.15) is 86.9 Å². The number of aliphatic hydroxyl groups is 1. The van der Waals surface area contributed by atoms with E-state index in [1.807, 2.05) is 0 Å². The third-order valence-electron chi connectivity index (χ3n) is 11.8. The number of ether oxygens (including phenoxy) is 4. The molecular weight excluding hydrogens is 859 g/mol. The number of aliphatic imine (C=N–C) groups is 1. The summed E-state index contributed by atoms with van der Waals surface area (Å²) in [6, 6.07) is 4.33. The third-order valence-corrected chi connectivity index (χ3v) is 11.8. The van der Waals surface area contributed by atoms with E-state index >= 15 is 0 Å². The number of carbonyl (C=O) groups is 9. The summed E-state index contributed by atoms with van der Waals surface area (Å²) in [5.41, 5.74) is 6.14. The van der Waals surface area contributed by atoms with Crippen LogP contribution in [-0.4, -0.2) is 116 Å². The molecule has 1 fully saturated rings. The highest BCUT2D eigenvalue weighted by Gasteiger charge is 2.39. The predicted octanol–water partition coefficient (Wildman–Crippen LogP) is 3.71. The van der Waals surface area contributed by atoms with Gasteiger partial charge in [-0.1, -0.05) is 50.3 Å². The molecule has 4 aliphatic rings. The fourth-order valence-corrected chi connectivity index (χ4v) is 8.38. The lowest BCUT2D eigenvalue weighted by Crippen LogP contribution is -2.42. The maximum absolute atomic E-state index is 14.1. The van der Waals surface area contributed by atoms with Crippen molar-refractivity contribution in [3.05, 3.63) is 87.7 Å². The smallest absolute Gasteiger partial charge is 0.411 e. The Kier molecular flexibility index (Phi) is 17.1. The molecule has 2 bridgehead atoms. The van der Waals surface area contributed by atoms with E-state index in [2.05, 4.69) is 20.9 Å². The second kappa shape index (κ2) is 22.5. The molecule has 2 aliphatic carbocycles. The van der Waals surface area contributed by atoms with Gasteiger partial charge >= 0.3 is 12.2 Å². The summed E-state index contributed by atoms with van der Waals surface area (Å²) >= 11 is 0. The molecule has 1 aromatic carbocycles. The van der Waals surface area contributed by atoms with Crippen molar-refractivity contribution < 1.29 is 67.2 Å². The standard InChI is InChI=1S/C47H55N5O14/c1-23-17-30-40(49-15-16-65-47(62)51-31-11-8-10-29-33(53)20-27(21-34(54)39(29)31)28-13-14-38(56)52-45(28)60)35(55)22-32(42(30)58)50-44(59)24(2)9-7-12-36(63-5)43(66-46(48)61)26(4)19-25(3)41(57)37(18-23)64-6/h7-12,19,22-23,25,30,36-37,41,43,57H,13-18,20-21H2,1-6H3,(H2,48,61)(H,50,59)(H,51,62)(H,52,56,60)/b12-7?,24-9+,26-19?,28-27?,49-40?. The molecule has 5 rings (SSSR count). The van der Waals surface area contributed by atoms with Gasteiger partial charge in [-0.2, -0.15) is 0 Å². The van der Waals surface area contributed by atoms with Crippen molar-refractivity contribution in [2.75, 3.05) is 32.7 Å². The molecule has 5 amide bonds. The zero-order valence-electron chi connectivity index (χ0n) is 37.6. The number of Topliss-reactive ketones (excluding diaryl/α,β-unsaturated/α-hetero) is 3. The molecule has 19 nitrogen and oxygen atoms in total. The van der Waals surface area contributed by atoms with Gasteiger partial charge in [0.15, 0.2) is 23.5 Å². The number of anilines is 1. The molecule has 6 N–H and O–H groups in total. The first-order valence-electron chi connectivity index (χ1n) is 21.4. The number of nitrogens with one attached hydrogen (secondary N) is 3. The minimum Gasteiger partial charge on any atom is -0.447 e. The predicted molar refractivity (Wildman–Crippen MR) is 237 cm³/mol. The average molecular weight is 914 g/mol. The monoisotopic (exact) mass is 913 g/mol. The van der Waals surface area contributed by atoms with Crippen LogP contribution >= 0.6 is 0 Å². The number of benzene rings is 1. The van der Waals surface area contributed by atoms with Crippen molar-refractivity contribution in [3.8, 4) is 0 Å². The zero-order chi connectivity index (χ0) is 48.4. The Morgan fingerprint density at radius 3 is 2.35 bits per heavy atom. The Morgan fingerprint density at radius 2 is 1.67 bits per heavy atom. The minimum absolute atomic E-state index is 0.00664. The molecule has 2 heterocycles. The molecule has 1 saturated heterocycles. The maximum Gasteiger partial charge on any atom is 0.411 e. The Labute approximate surface area is 381 Å². The molecule has 0 spiro atoms. The molecule has 0 aromatic heterocycles. The number of methoxy groups -OCH3 is 2. The topological polar surface area (TPSA) is 285 Å². The molecule has 66 heavy (non-hydrogen) atoms. The normalized spacial score (nSPS) is 28.5. The van der Waals surface area contributed by atoms with Crippen molar-refractivity contribution in [1.82, 2.24) is 10.6 Å². The first kappa shape index (κ1) is 50.3. The van der Waals surface area contributed by atoms with Crippen LogP contribution in [0.4, 0.5) is 15.3 Å². The van der Waals surface area contributed by atoms with Crippen molar-refractivity contribution in [2.24, 2.45) is 28.5 Å². The number of piperidine rings is 1. The number of fused-ring (bicyclic) bond motifs is 3. The van der Waals surface area contributed by atoms with Crippen LogP contribution in [0.5, 0.6) is 0 Å². The van der Waals surface area contributed by atoms with Gasteiger partial charge in [-0.05, 0) is 56.2 Å². The quantitative estimate of drug-likeness (QED) is 0.0858. The number of hydrogen-bond acceptors (Lipinski definition) is 15. The highest BCUT2D eigenvalue weighted by atomic mass is 16.6. The SMILES string of the molecule is COC1C=C/C=C(\C)C(=O)NC2=CC(=O)C(=NCCOC(=O)Nc3cccc4c3C(=O)CC(=C3CCC(=O)NC3=O)CC4=O)C(CC(C)CC(OC)C(O)C(C)C=C(C)C1OC(N)=O)C2=O.